The lowest BCUT2D eigenvalue weighted by atomic mass is 10.0. The third kappa shape index (κ3) is 8.77. The third-order valence-electron chi connectivity index (χ3n) is 6.27. The lowest BCUT2D eigenvalue weighted by molar-refractivity contribution is -0.143. The zero-order valence-corrected chi connectivity index (χ0v) is 24.4. The van der Waals surface area contributed by atoms with Gasteiger partial charge in [-0.25, -0.2) is 12.8 Å². The van der Waals surface area contributed by atoms with Crippen molar-refractivity contribution in [3.63, 3.8) is 0 Å². The number of nitrogens with zero attached hydrogens (tertiary/aromatic N) is 1. The Morgan fingerprint density at radius 1 is 0.907 bits per heavy atom. The molecule has 0 aliphatic rings. The number of halogens is 2. The van der Waals surface area contributed by atoms with Crippen molar-refractivity contribution in [2.45, 2.75) is 17.5 Å². The molecule has 3 N–H and O–H groups in total. The SMILES string of the molecule is O=C(NCCO)C(c1ccccc1)N(Cc1ccc(Cl)cc1)C(=O)COc1ccc(S(=O)(=O)Nc2ccc(F)cc2)cc1. The van der Waals surface area contributed by atoms with E-state index in [0.717, 1.165) is 17.7 Å². The Morgan fingerprint density at radius 2 is 1.56 bits per heavy atom. The third-order valence-corrected chi connectivity index (χ3v) is 7.91. The highest BCUT2D eigenvalue weighted by atomic mass is 35.5. The fourth-order valence-electron chi connectivity index (χ4n) is 4.17. The highest BCUT2D eigenvalue weighted by molar-refractivity contribution is 7.92. The largest absolute Gasteiger partial charge is 0.484 e. The molecule has 4 rings (SSSR count). The summed E-state index contributed by atoms with van der Waals surface area (Å²) in [7, 11) is -3.96. The normalized spacial score (nSPS) is 11.8. The van der Waals surface area contributed by atoms with Gasteiger partial charge >= 0.3 is 0 Å². The molecule has 4 aromatic rings. The van der Waals surface area contributed by atoms with E-state index in [2.05, 4.69) is 10.0 Å². The molecule has 0 aliphatic heterocycles. The zero-order valence-electron chi connectivity index (χ0n) is 22.8. The topological polar surface area (TPSA) is 125 Å². The Balaban J connectivity index is 1.53. The summed E-state index contributed by atoms with van der Waals surface area (Å²) < 4.78 is 46.7. The molecule has 0 radical (unpaired) electrons. The van der Waals surface area contributed by atoms with Crippen molar-refractivity contribution in [2.75, 3.05) is 24.5 Å². The number of sulfonamides is 1. The summed E-state index contributed by atoms with van der Waals surface area (Å²) in [6.07, 6.45) is 0. The van der Waals surface area contributed by atoms with Crippen LogP contribution in [-0.2, 0) is 26.2 Å². The van der Waals surface area contributed by atoms with Gasteiger partial charge in [0.15, 0.2) is 6.61 Å². The monoisotopic (exact) mass is 625 g/mol. The van der Waals surface area contributed by atoms with Gasteiger partial charge in [-0.2, -0.15) is 0 Å². The van der Waals surface area contributed by atoms with Crippen molar-refractivity contribution in [3.8, 4) is 5.75 Å². The van der Waals surface area contributed by atoms with Crippen molar-refractivity contribution in [1.82, 2.24) is 10.2 Å². The van der Waals surface area contributed by atoms with Gasteiger partial charge in [0, 0.05) is 23.8 Å². The van der Waals surface area contributed by atoms with Gasteiger partial charge in [0.25, 0.3) is 15.9 Å². The minimum Gasteiger partial charge on any atom is -0.484 e. The van der Waals surface area contributed by atoms with Gasteiger partial charge in [-0.3, -0.25) is 14.3 Å². The van der Waals surface area contributed by atoms with E-state index >= 15 is 0 Å². The van der Waals surface area contributed by atoms with E-state index in [9.17, 15) is 27.5 Å². The number of carbonyl (C=O) groups excluding carboxylic acids is 2. The number of carbonyl (C=O) groups is 2. The standard InChI is InChI=1S/C31H29ClFN3O6S/c32-24-8-6-22(7-9-24)20-36(30(31(39)34-18-19-37)23-4-2-1-3-5-23)29(38)21-42-27-14-16-28(17-15-27)43(40,41)35-26-12-10-25(33)11-13-26/h1-17,30,35,37H,18-21H2,(H,34,39). The maximum absolute atomic E-state index is 13.6. The van der Waals surface area contributed by atoms with Gasteiger partial charge in [0.05, 0.1) is 11.5 Å². The quantitative estimate of drug-likeness (QED) is 0.200. The first-order valence-electron chi connectivity index (χ1n) is 13.1. The van der Waals surface area contributed by atoms with E-state index in [-0.39, 0.29) is 36.0 Å². The van der Waals surface area contributed by atoms with Crippen molar-refractivity contribution in [1.29, 1.82) is 0 Å². The first kappa shape index (κ1) is 31.5. The minimum absolute atomic E-state index is 0.00686. The Hall–Kier alpha value is -4.45. The van der Waals surface area contributed by atoms with Crippen LogP contribution in [-0.4, -0.2) is 50.0 Å². The summed E-state index contributed by atoms with van der Waals surface area (Å²) in [6.45, 7) is -0.665. The molecule has 0 spiro atoms. The van der Waals surface area contributed by atoms with E-state index in [4.69, 9.17) is 16.3 Å². The van der Waals surface area contributed by atoms with E-state index in [1.54, 1.807) is 54.6 Å². The first-order valence-corrected chi connectivity index (χ1v) is 15.0. The molecular weight excluding hydrogens is 597 g/mol. The molecule has 0 aromatic heterocycles. The molecule has 0 saturated carbocycles. The number of benzene rings is 4. The van der Waals surface area contributed by atoms with Gasteiger partial charge in [0.1, 0.15) is 17.6 Å². The van der Waals surface area contributed by atoms with Crippen LogP contribution in [0.3, 0.4) is 0 Å². The molecule has 4 aromatic carbocycles. The van der Waals surface area contributed by atoms with Crippen LogP contribution in [0.2, 0.25) is 5.02 Å². The van der Waals surface area contributed by atoms with Crippen LogP contribution >= 0.6 is 11.6 Å². The van der Waals surface area contributed by atoms with Crippen molar-refractivity contribution in [3.05, 3.63) is 125 Å². The molecule has 12 heteroatoms. The highest BCUT2D eigenvalue weighted by Crippen LogP contribution is 2.25. The average Bonchev–Trinajstić information content (AvgIpc) is 3.01. The number of aliphatic hydroxyl groups excluding tert-OH is 1. The van der Waals surface area contributed by atoms with Crippen LogP contribution in [0.15, 0.2) is 108 Å². The summed E-state index contributed by atoms with van der Waals surface area (Å²) in [5.41, 5.74) is 1.48. The lowest BCUT2D eigenvalue weighted by Crippen LogP contribution is -2.45. The molecule has 224 valence electrons. The lowest BCUT2D eigenvalue weighted by Gasteiger charge is -2.31. The maximum atomic E-state index is 13.6. The van der Waals surface area contributed by atoms with Crippen molar-refractivity contribution < 1.29 is 32.2 Å². The Bertz CT molecular complexity index is 1620. The number of aliphatic hydroxyl groups is 1. The molecule has 0 saturated heterocycles. The summed E-state index contributed by atoms with van der Waals surface area (Å²) in [6, 6.07) is 24.9. The number of anilines is 1. The van der Waals surface area contributed by atoms with Gasteiger partial charge < -0.3 is 20.1 Å². The highest BCUT2D eigenvalue weighted by Gasteiger charge is 2.31. The van der Waals surface area contributed by atoms with Crippen molar-refractivity contribution >= 4 is 39.1 Å². The van der Waals surface area contributed by atoms with Crippen LogP contribution in [0, 0.1) is 5.82 Å². The predicted molar refractivity (Wildman–Crippen MR) is 160 cm³/mol. The molecule has 0 fully saturated rings. The molecular formula is C31H29ClFN3O6S. The Labute approximate surface area is 253 Å². The second kappa shape index (κ2) is 14.6. The van der Waals surface area contributed by atoms with Gasteiger partial charge in [0.2, 0.25) is 5.91 Å². The summed E-state index contributed by atoms with van der Waals surface area (Å²) in [5, 5.41) is 12.4. The van der Waals surface area contributed by atoms with Crippen LogP contribution in [0.5, 0.6) is 5.75 Å². The molecule has 9 nitrogen and oxygen atoms in total. The number of nitrogens with one attached hydrogen (secondary N) is 2. The maximum Gasteiger partial charge on any atom is 0.261 e. The molecule has 1 unspecified atom stereocenters. The smallest absolute Gasteiger partial charge is 0.261 e. The van der Waals surface area contributed by atoms with E-state index < -0.39 is 40.3 Å². The number of rotatable bonds is 13. The molecule has 2 amide bonds. The van der Waals surface area contributed by atoms with Crippen LogP contribution < -0.4 is 14.8 Å². The number of amides is 2. The zero-order chi connectivity index (χ0) is 30.8. The molecule has 0 heterocycles. The average molecular weight is 626 g/mol. The summed E-state index contributed by atoms with van der Waals surface area (Å²) in [5.74, 6) is -1.27. The van der Waals surface area contributed by atoms with Crippen LogP contribution in [0.25, 0.3) is 0 Å². The summed E-state index contributed by atoms with van der Waals surface area (Å²) >= 11 is 6.04. The minimum atomic E-state index is -3.96. The van der Waals surface area contributed by atoms with E-state index in [0.29, 0.717) is 10.6 Å². The number of hydrogen-bond donors (Lipinski definition) is 3. The van der Waals surface area contributed by atoms with E-state index in [1.807, 2.05) is 0 Å². The fourth-order valence-corrected chi connectivity index (χ4v) is 5.35. The van der Waals surface area contributed by atoms with Crippen LogP contribution in [0.4, 0.5) is 10.1 Å². The first-order chi connectivity index (χ1) is 20.7. The number of ether oxygens (including phenoxy) is 1. The van der Waals surface area contributed by atoms with Crippen molar-refractivity contribution in [2.24, 2.45) is 0 Å². The number of hydrogen-bond acceptors (Lipinski definition) is 6. The van der Waals surface area contributed by atoms with Gasteiger partial charge in [-0.05, 0) is 71.8 Å². The second-order valence-corrected chi connectivity index (χ2v) is 11.5. The molecule has 43 heavy (non-hydrogen) atoms. The Kier molecular flexibility index (Phi) is 10.7. The molecule has 1 atom stereocenters. The summed E-state index contributed by atoms with van der Waals surface area (Å²) in [4.78, 5) is 28.2. The molecule has 0 bridgehead atoms. The second-order valence-electron chi connectivity index (χ2n) is 9.35. The predicted octanol–water partition coefficient (Wildman–Crippen LogP) is 4.54. The Morgan fingerprint density at radius 3 is 2.19 bits per heavy atom. The molecule has 0 aliphatic carbocycles. The van der Waals surface area contributed by atoms with Crippen LogP contribution in [0.1, 0.15) is 17.2 Å². The van der Waals surface area contributed by atoms with Gasteiger partial charge in [-0.1, -0.05) is 54.1 Å². The van der Waals surface area contributed by atoms with Gasteiger partial charge in [-0.15, -0.1) is 0 Å². The fraction of sp³-hybridized carbons (Fsp3) is 0.161. The van der Waals surface area contributed by atoms with E-state index in [1.165, 1.54) is 41.3 Å².